The highest BCUT2D eigenvalue weighted by Gasteiger charge is 2.21. The summed E-state index contributed by atoms with van der Waals surface area (Å²) in [5.41, 5.74) is 1.75. The van der Waals surface area contributed by atoms with E-state index in [2.05, 4.69) is 15.1 Å². The smallest absolute Gasteiger partial charge is 0.311 e. The zero-order valence-corrected chi connectivity index (χ0v) is 16.7. The molecule has 29 heavy (non-hydrogen) atoms. The normalized spacial score (nSPS) is 11.9. The molecule has 9 heteroatoms. The number of methoxy groups -OCH3 is 1. The molecule has 1 aromatic carbocycles. The van der Waals surface area contributed by atoms with Gasteiger partial charge in [-0.2, -0.15) is 4.68 Å². The Balaban J connectivity index is 1.79. The number of hydrogen-bond acceptors (Lipinski definition) is 7. The largest absolute Gasteiger partial charge is 0.469 e. The Kier molecular flexibility index (Phi) is 5.13. The van der Waals surface area contributed by atoms with Gasteiger partial charge in [0.15, 0.2) is 0 Å². The zero-order valence-electron chi connectivity index (χ0n) is 15.8. The summed E-state index contributed by atoms with van der Waals surface area (Å²) < 4.78 is 12.4. The summed E-state index contributed by atoms with van der Waals surface area (Å²) in [4.78, 5) is 34.0. The van der Waals surface area contributed by atoms with Crippen LogP contribution in [0.5, 0.6) is 0 Å². The molecule has 8 nitrogen and oxygen atoms in total. The second kappa shape index (κ2) is 7.88. The SMILES string of the molecule is COC(=O)Cc1[nH]n(-c2nc3ccccc3s2)c(=O)c1C(C)=NCc1ccco1. The number of esters is 1. The lowest BCUT2D eigenvalue weighted by atomic mass is 10.1. The molecule has 0 amide bonds. The van der Waals surface area contributed by atoms with Gasteiger partial charge in [-0.1, -0.05) is 23.5 Å². The van der Waals surface area contributed by atoms with E-state index in [-0.39, 0.29) is 12.0 Å². The van der Waals surface area contributed by atoms with Crippen LogP contribution in [-0.2, 0) is 22.5 Å². The Morgan fingerprint density at radius 2 is 2.14 bits per heavy atom. The Bertz CT molecular complexity index is 1210. The number of fused-ring (bicyclic) bond motifs is 1. The van der Waals surface area contributed by atoms with E-state index >= 15 is 0 Å². The Morgan fingerprint density at radius 3 is 2.86 bits per heavy atom. The Labute approximate surface area is 169 Å². The van der Waals surface area contributed by atoms with E-state index in [1.165, 1.54) is 23.1 Å². The number of furan rings is 1. The number of aromatic nitrogens is 3. The van der Waals surface area contributed by atoms with E-state index in [9.17, 15) is 9.59 Å². The number of hydrogen-bond donors (Lipinski definition) is 1. The van der Waals surface area contributed by atoms with Crippen LogP contribution in [0.2, 0.25) is 0 Å². The molecule has 0 radical (unpaired) electrons. The van der Waals surface area contributed by atoms with Crippen molar-refractivity contribution in [2.24, 2.45) is 4.99 Å². The van der Waals surface area contributed by atoms with Gasteiger partial charge in [0.2, 0.25) is 5.13 Å². The average molecular weight is 410 g/mol. The van der Waals surface area contributed by atoms with Crippen LogP contribution in [0.4, 0.5) is 0 Å². The first kappa shape index (κ1) is 18.9. The molecule has 4 rings (SSSR count). The molecule has 148 valence electrons. The third-order valence-electron chi connectivity index (χ3n) is 4.40. The second-order valence-electron chi connectivity index (χ2n) is 6.30. The number of H-pyrrole nitrogens is 1. The Morgan fingerprint density at radius 1 is 1.31 bits per heavy atom. The number of aromatic amines is 1. The minimum Gasteiger partial charge on any atom is -0.469 e. The van der Waals surface area contributed by atoms with E-state index in [0.29, 0.717) is 34.4 Å². The van der Waals surface area contributed by atoms with Gasteiger partial charge in [-0.05, 0) is 31.2 Å². The fourth-order valence-corrected chi connectivity index (χ4v) is 3.89. The number of carbonyl (C=O) groups excluding carboxylic acids is 1. The summed E-state index contributed by atoms with van der Waals surface area (Å²) in [6.45, 7) is 2.03. The van der Waals surface area contributed by atoms with E-state index < -0.39 is 5.97 Å². The molecule has 0 spiro atoms. The number of thiazole rings is 1. The number of ether oxygens (including phenoxy) is 1. The highest BCUT2D eigenvalue weighted by molar-refractivity contribution is 7.20. The van der Waals surface area contributed by atoms with E-state index in [1.54, 1.807) is 19.3 Å². The maximum absolute atomic E-state index is 13.2. The molecule has 0 aliphatic heterocycles. The van der Waals surface area contributed by atoms with Crippen molar-refractivity contribution in [1.82, 2.24) is 14.8 Å². The molecule has 0 fully saturated rings. The molecule has 0 aliphatic carbocycles. The van der Waals surface area contributed by atoms with Crippen molar-refractivity contribution < 1.29 is 13.9 Å². The van der Waals surface area contributed by atoms with Gasteiger partial charge in [0.05, 0.1) is 47.8 Å². The van der Waals surface area contributed by atoms with E-state index in [4.69, 9.17) is 9.15 Å². The summed E-state index contributed by atoms with van der Waals surface area (Å²) >= 11 is 1.38. The van der Waals surface area contributed by atoms with Crippen LogP contribution in [0.15, 0.2) is 56.9 Å². The minimum atomic E-state index is -0.456. The van der Waals surface area contributed by atoms with Gasteiger partial charge < -0.3 is 9.15 Å². The number of carbonyl (C=O) groups is 1. The summed E-state index contributed by atoms with van der Waals surface area (Å²) in [5, 5.41) is 3.51. The molecule has 1 N–H and O–H groups in total. The highest BCUT2D eigenvalue weighted by atomic mass is 32.1. The summed E-state index contributed by atoms with van der Waals surface area (Å²) in [6.07, 6.45) is 1.49. The molecule has 0 aliphatic rings. The quantitative estimate of drug-likeness (QED) is 0.389. The average Bonchev–Trinajstić information content (AvgIpc) is 3.44. The molecule has 3 aromatic heterocycles. The highest BCUT2D eigenvalue weighted by Crippen LogP contribution is 2.24. The summed E-state index contributed by atoms with van der Waals surface area (Å²) in [5.74, 6) is 0.226. The summed E-state index contributed by atoms with van der Waals surface area (Å²) in [6, 6.07) is 11.2. The fraction of sp³-hybridized carbons (Fsp3) is 0.200. The predicted octanol–water partition coefficient (Wildman–Crippen LogP) is 3.09. The number of para-hydroxylation sites is 1. The lowest BCUT2D eigenvalue weighted by Crippen LogP contribution is -2.20. The molecule has 0 saturated heterocycles. The minimum absolute atomic E-state index is 0.0768. The van der Waals surface area contributed by atoms with Crippen LogP contribution in [0.1, 0.15) is 23.9 Å². The van der Waals surface area contributed by atoms with Crippen LogP contribution in [0.3, 0.4) is 0 Å². The van der Waals surface area contributed by atoms with Gasteiger partial charge in [-0.15, -0.1) is 0 Å². The van der Waals surface area contributed by atoms with E-state index in [1.807, 2.05) is 30.3 Å². The molecular weight excluding hydrogens is 392 g/mol. The molecule has 0 bridgehead atoms. The third-order valence-corrected chi connectivity index (χ3v) is 5.42. The molecule has 0 unspecified atom stereocenters. The van der Waals surface area contributed by atoms with Crippen molar-refractivity contribution in [2.75, 3.05) is 7.11 Å². The third kappa shape index (κ3) is 3.77. The van der Waals surface area contributed by atoms with Crippen LogP contribution < -0.4 is 5.56 Å². The first-order valence-corrected chi connectivity index (χ1v) is 9.69. The molecular formula is C20H18N4O4S. The monoisotopic (exact) mass is 410 g/mol. The second-order valence-corrected chi connectivity index (χ2v) is 7.31. The number of benzene rings is 1. The lowest BCUT2D eigenvalue weighted by molar-refractivity contribution is -0.139. The number of nitrogens with one attached hydrogen (secondary N) is 1. The molecule has 0 atom stereocenters. The summed E-state index contributed by atoms with van der Waals surface area (Å²) in [7, 11) is 1.31. The topological polar surface area (TPSA) is 102 Å². The lowest BCUT2D eigenvalue weighted by Gasteiger charge is -2.01. The van der Waals surface area contributed by atoms with Crippen molar-refractivity contribution in [3.63, 3.8) is 0 Å². The van der Waals surface area contributed by atoms with Crippen molar-refractivity contribution >= 4 is 33.2 Å². The van der Waals surface area contributed by atoms with Crippen LogP contribution in [0.25, 0.3) is 15.3 Å². The standard InChI is InChI=1S/C20H18N4O4S/c1-12(21-11-13-6-5-9-28-13)18-15(10-17(25)27-2)23-24(19(18)26)20-22-14-7-3-4-8-16(14)29-20/h3-9,23H,10-11H2,1-2H3. The first-order chi connectivity index (χ1) is 14.1. The molecule has 3 heterocycles. The molecule has 4 aromatic rings. The van der Waals surface area contributed by atoms with Gasteiger partial charge in [0.25, 0.3) is 5.56 Å². The van der Waals surface area contributed by atoms with Gasteiger partial charge in [-0.25, -0.2) is 4.98 Å². The Hall–Kier alpha value is -3.46. The van der Waals surface area contributed by atoms with Crippen LogP contribution >= 0.6 is 11.3 Å². The number of aliphatic imine (C=N–C) groups is 1. The van der Waals surface area contributed by atoms with Crippen molar-refractivity contribution in [3.05, 3.63) is 70.0 Å². The number of rotatable bonds is 6. The van der Waals surface area contributed by atoms with Crippen molar-refractivity contribution in [2.45, 2.75) is 19.9 Å². The van der Waals surface area contributed by atoms with E-state index in [0.717, 1.165) is 10.2 Å². The zero-order chi connectivity index (χ0) is 20.4. The van der Waals surface area contributed by atoms with Gasteiger partial charge >= 0.3 is 5.97 Å². The van der Waals surface area contributed by atoms with Gasteiger partial charge in [-0.3, -0.25) is 19.7 Å². The predicted molar refractivity (Wildman–Crippen MR) is 110 cm³/mol. The first-order valence-electron chi connectivity index (χ1n) is 8.87. The fourth-order valence-electron chi connectivity index (χ4n) is 2.97. The van der Waals surface area contributed by atoms with Crippen molar-refractivity contribution in [1.29, 1.82) is 0 Å². The van der Waals surface area contributed by atoms with Gasteiger partial charge in [0, 0.05) is 5.71 Å². The van der Waals surface area contributed by atoms with Crippen LogP contribution in [0, 0.1) is 0 Å². The van der Waals surface area contributed by atoms with Crippen molar-refractivity contribution in [3.8, 4) is 5.13 Å². The maximum atomic E-state index is 13.2. The van der Waals surface area contributed by atoms with Gasteiger partial charge in [0.1, 0.15) is 5.76 Å². The van der Waals surface area contributed by atoms with Crippen LogP contribution in [-0.4, -0.2) is 33.6 Å². The maximum Gasteiger partial charge on any atom is 0.311 e. The number of nitrogens with zero attached hydrogens (tertiary/aromatic N) is 3. The molecule has 0 saturated carbocycles.